The summed E-state index contributed by atoms with van der Waals surface area (Å²) >= 11 is 1.40. The summed E-state index contributed by atoms with van der Waals surface area (Å²) in [5.74, 6) is -1.36. The number of amides is 2. The number of carbonyl (C=O) groups excluding carboxylic acids is 2. The number of rotatable bonds is 6. The first kappa shape index (κ1) is 21.4. The number of nitrogens with zero attached hydrogens (tertiary/aromatic N) is 1. The fourth-order valence-electron chi connectivity index (χ4n) is 3.19. The van der Waals surface area contributed by atoms with E-state index in [4.69, 9.17) is 0 Å². The number of hydrogen-bond donors (Lipinski definition) is 1. The van der Waals surface area contributed by atoms with Crippen LogP contribution >= 0.6 is 11.8 Å². The van der Waals surface area contributed by atoms with Crippen LogP contribution in [0.3, 0.4) is 0 Å². The number of sulfone groups is 1. The van der Waals surface area contributed by atoms with Crippen molar-refractivity contribution in [3.05, 3.63) is 54.1 Å². The lowest BCUT2D eigenvalue weighted by molar-refractivity contribution is -0.133. The van der Waals surface area contributed by atoms with Gasteiger partial charge in [-0.05, 0) is 30.7 Å². The highest BCUT2D eigenvalue weighted by Gasteiger charge is 2.28. The van der Waals surface area contributed by atoms with Gasteiger partial charge >= 0.3 is 0 Å². The van der Waals surface area contributed by atoms with Gasteiger partial charge in [-0.3, -0.25) is 9.59 Å². The second-order valence-electron chi connectivity index (χ2n) is 7.27. The Morgan fingerprint density at radius 1 is 1.21 bits per heavy atom. The van der Waals surface area contributed by atoms with E-state index in [1.54, 1.807) is 31.9 Å². The van der Waals surface area contributed by atoms with E-state index >= 15 is 0 Å². The molecule has 1 aliphatic rings. The Labute approximate surface area is 175 Å². The molecule has 1 heterocycles. The molecule has 8 heteroatoms. The summed E-state index contributed by atoms with van der Waals surface area (Å²) in [5.41, 5.74) is 1.48. The minimum Gasteiger partial charge on any atom is -0.341 e. The average Bonchev–Trinajstić information content (AvgIpc) is 2.68. The molecule has 2 aromatic carbocycles. The molecular weight excluding hydrogens is 408 g/mol. The van der Waals surface area contributed by atoms with Gasteiger partial charge in [0.25, 0.3) is 0 Å². The number of fused-ring (bicyclic) bond motifs is 1. The van der Waals surface area contributed by atoms with E-state index in [-0.39, 0.29) is 27.7 Å². The van der Waals surface area contributed by atoms with Crippen LogP contribution in [0.25, 0.3) is 0 Å². The number of thioether (sulfide) groups is 1. The highest BCUT2D eigenvalue weighted by atomic mass is 32.2. The van der Waals surface area contributed by atoms with Gasteiger partial charge in [-0.2, -0.15) is 0 Å². The lowest BCUT2D eigenvalue weighted by atomic mass is 10.1. The molecule has 2 aromatic rings. The van der Waals surface area contributed by atoms with E-state index in [9.17, 15) is 18.0 Å². The predicted octanol–water partition coefficient (Wildman–Crippen LogP) is 3.19. The molecule has 0 saturated heterocycles. The van der Waals surface area contributed by atoms with Crippen LogP contribution in [0.2, 0.25) is 0 Å². The summed E-state index contributed by atoms with van der Waals surface area (Å²) < 4.78 is 25.7. The van der Waals surface area contributed by atoms with Crippen LogP contribution in [0.15, 0.2) is 58.3 Å². The third-order valence-corrected chi connectivity index (χ3v) is 7.86. The largest absolute Gasteiger partial charge is 0.341 e. The molecule has 0 aliphatic carbocycles. The summed E-state index contributed by atoms with van der Waals surface area (Å²) in [6.45, 7) is 3.84. The Kier molecular flexibility index (Phi) is 6.33. The molecule has 0 aromatic heterocycles. The van der Waals surface area contributed by atoms with E-state index in [0.29, 0.717) is 12.2 Å². The molecule has 2 atom stereocenters. The van der Waals surface area contributed by atoms with Crippen LogP contribution in [0.5, 0.6) is 0 Å². The number of nitrogens with one attached hydrogen (secondary N) is 1. The second-order valence-corrected chi connectivity index (χ2v) is 10.7. The fourth-order valence-corrected chi connectivity index (χ4v) is 5.69. The van der Waals surface area contributed by atoms with Crippen molar-refractivity contribution in [1.82, 2.24) is 4.90 Å². The highest BCUT2D eigenvalue weighted by Crippen LogP contribution is 2.37. The van der Waals surface area contributed by atoms with Crippen LogP contribution < -0.4 is 5.32 Å². The van der Waals surface area contributed by atoms with Gasteiger partial charge in [-0.15, -0.1) is 11.8 Å². The van der Waals surface area contributed by atoms with Crippen molar-refractivity contribution in [2.75, 3.05) is 18.1 Å². The maximum absolute atomic E-state index is 12.9. The average molecular weight is 433 g/mol. The minimum absolute atomic E-state index is 0.108. The van der Waals surface area contributed by atoms with Crippen LogP contribution in [0.1, 0.15) is 19.4 Å². The summed E-state index contributed by atoms with van der Waals surface area (Å²) in [4.78, 5) is 27.0. The van der Waals surface area contributed by atoms with Gasteiger partial charge < -0.3 is 10.2 Å². The normalized spacial score (nSPS) is 17.2. The van der Waals surface area contributed by atoms with Gasteiger partial charge in [0, 0.05) is 24.4 Å². The van der Waals surface area contributed by atoms with Gasteiger partial charge in [-0.25, -0.2) is 8.42 Å². The molecule has 0 unspecified atom stereocenters. The minimum atomic E-state index is -3.68. The zero-order chi connectivity index (χ0) is 21.2. The fraction of sp³-hybridized carbons (Fsp3) is 0.333. The maximum atomic E-state index is 12.9. The van der Waals surface area contributed by atoms with Crippen LogP contribution in [-0.2, 0) is 26.0 Å². The monoisotopic (exact) mass is 432 g/mol. The van der Waals surface area contributed by atoms with E-state index in [1.807, 2.05) is 30.3 Å². The topological polar surface area (TPSA) is 83.5 Å². The first-order valence-corrected chi connectivity index (χ1v) is 11.8. The predicted molar refractivity (Wildman–Crippen MR) is 115 cm³/mol. The van der Waals surface area contributed by atoms with Crippen LogP contribution in [0, 0.1) is 5.92 Å². The van der Waals surface area contributed by atoms with Crippen molar-refractivity contribution in [1.29, 1.82) is 0 Å². The quantitative estimate of drug-likeness (QED) is 0.758. The Balaban J connectivity index is 1.71. The maximum Gasteiger partial charge on any atom is 0.237 e. The molecular formula is C21H24N2O4S2. The van der Waals surface area contributed by atoms with E-state index in [0.717, 1.165) is 10.5 Å². The molecule has 1 aliphatic heterocycles. The second kappa shape index (κ2) is 8.59. The van der Waals surface area contributed by atoms with Crippen molar-refractivity contribution in [3.63, 3.8) is 0 Å². The summed E-state index contributed by atoms with van der Waals surface area (Å²) in [6, 6.07) is 14.3. The van der Waals surface area contributed by atoms with Crippen molar-refractivity contribution < 1.29 is 18.0 Å². The summed E-state index contributed by atoms with van der Waals surface area (Å²) in [7, 11) is -2.01. The zero-order valence-corrected chi connectivity index (χ0v) is 18.2. The standard InChI is InChI=1S/C21H24N2O4S2/c1-14(21(25)23(3)12-16-7-5-4-6-8-16)13-29(26,27)17-9-10-19-18(11-17)22-20(24)15(2)28-19/h4-11,14-15H,12-13H2,1-3H3,(H,22,24)/t14-,15+/m1/s1. The molecule has 0 spiro atoms. The molecule has 6 nitrogen and oxygen atoms in total. The molecule has 0 saturated carbocycles. The summed E-state index contributed by atoms with van der Waals surface area (Å²) in [5, 5.41) is 2.52. The Morgan fingerprint density at radius 3 is 2.59 bits per heavy atom. The van der Waals surface area contributed by atoms with Crippen molar-refractivity contribution in [3.8, 4) is 0 Å². The van der Waals surface area contributed by atoms with Crippen molar-refractivity contribution >= 4 is 39.1 Å². The van der Waals surface area contributed by atoms with Gasteiger partial charge in [0.05, 0.1) is 21.6 Å². The Hall–Kier alpha value is -2.32. The Morgan fingerprint density at radius 2 is 1.90 bits per heavy atom. The number of hydrogen-bond acceptors (Lipinski definition) is 5. The van der Waals surface area contributed by atoms with E-state index in [1.165, 1.54) is 23.9 Å². The highest BCUT2D eigenvalue weighted by molar-refractivity contribution is 8.01. The molecule has 3 rings (SSSR count). The molecule has 0 bridgehead atoms. The first-order valence-electron chi connectivity index (χ1n) is 9.30. The number of carbonyl (C=O) groups is 2. The van der Waals surface area contributed by atoms with Gasteiger partial charge in [-0.1, -0.05) is 37.3 Å². The molecule has 29 heavy (non-hydrogen) atoms. The number of benzene rings is 2. The van der Waals surface area contributed by atoms with Crippen molar-refractivity contribution in [2.24, 2.45) is 5.92 Å². The van der Waals surface area contributed by atoms with Crippen LogP contribution in [0.4, 0.5) is 5.69 Å². The van der Waals surface area contributed by atoms with Gasteiger partial charge in [0.15, 0.2) is 9.84 Å². The van der Waals surface area contributed by atoms with Gasteiger partial charge in [0.2, 0.25) is 11.8 Å². The lowest BCUT2D eigenvalue weighted by Gasteiger charge is -2.23. The molecule has 154 valence electrons. The molecule has 1 N–H and O–H groups in total. The van der Waals surface area contributed by atoms with E-state index in [2.05, 4.69) is 5.32 Å². The van der Waals surface area contributed by atoms with Crippen LogP contribution in [-0.4, -0.2) is 43.2 Å². The third kappa shape index (κ3) is 5.00. The zero-order valence-electron chi connectivity index (χ0n) is 16.6. The Bertz CT molecular complexity index is 1020. The smallest absolute Gasteiger partial charge is 0.237 e. The lowest BCUT2D eigenvalue weighted by Crippen LogP contribution is -2.34. The third-order valence-electron chi connectivity index (χ3n) is 4.77. The summed E-state index contributed by atoms with van der Waals surface area (Å²) in [6.07, 6.45) is 0. The van der Waals surface area contributed by atoms with Gasteiger partial charge in [0.1, 0.15) is 0 Å². The van der Waals surface area contributed by atoms with Crippen molar-refractivity contribution in [2.45, 2.75) is 35.4 Å². The van der Waals surface area contributed by atoms with E-state index < -0.39 is 15.8 Å². The first-order chi connectivity index (χ1) is 13.7. The SMILES string of the molecule is C[C@H](CS(=O)(=O)c1ccc2c(c1)NC(=O)[C@H](C)S2)C(=O)N(C)Cc1ccccc1. The molecule has 2 amide bonds. The molecule has 0 fully saturated rings. The molecule has 0 radical (unpaired) electrons. The number of anilines is 1.